The number of hydrogen-bond acceptors (Lipinski definition) is 4. The first-order chi connectivity index (χ1) is 9.98. The molecule has 110 valence electrons. The summed E-state index contributed by atoms with van der Waals surface area (Å²) in [4.78, 5) is 8.50. The molecule has 1 aliphatic rings. The number of anilines is 2. The minimum atomic E-state index is -1.53. The van der Waals surface area contributed by atoms with Crippen LogP contribution in [0.15, 0.2) is 30.3 Å². The highest BCUT2D eigenvalue weighted by Gasteiger charge is 2.36. The van der Waals surface area contributed by atoms with E-state index in [1.165, 1.54) is 5.19 Å². The Kier molecular flexibility index (Phi) is 3.45. The first kappa shape index (κ1) is 14.1. The van der Waals surface area contributed by atoms with E-state index in [0.29, 0.717) is 17.3 Å². The molecule has 1 aromatic carbocycles. The fourth-order valence-electron chi connectivity index (χ4n) is 3.38. The van der Waals surface area contributed by atoms with Gasteiger partial charge in [-0.2, -0.15) is 4.98 Å². The molecule has 0 bridgehead atoms. The Bertz CT molecular complexity index is 655. The second kappa shape index (κ2) is 5.15. The maximum absolute atomic E-state index is 6.07. The van der Waals surface area contributed by atoms with Gasteiger partial charge in [-0.3, -0.25) is 0 Å². The molecule has 1 aromatic heterocycles. The minimum absolute atomic E-state index is 0.296. The van der Waals surface area contributed by atoms with Crippen LogP contribution in [0.1, 0.15) is 17.7 Å². The zero-order valence-corrected chi connectivity index (χ0v) is 13.6. The zero-order valence-electron chi connectivity index (χ0n) is 12.6. The van der Waals surface area contributed by atoms with Crippen LogP contribution >= 0.6 is 0 Å². The van der Waals surface area contributed by atoms with Gasteiger partial charge >= 0.3 is 0 Å². The summed E-state index contributed by atoms with van der Waals surface area (Å²) in [5, 5.41) is 1.51. The molecule has 0 saturated heterocycles. The van der Waals surface area contributed by atoms with Gasteiger partial charge in [0.05, 0.1) is 13.8 Å². The zero-order chi connectivity index (χ0) is 15.0. The van der Waals surface area contributed by atoms with E-state index in [0.717, 1.165) is 30.5 Å². The van der Waals surface area contributed by atoms with E-state index in [2.05, 4.69) is 53.4 Å². The highest BCUT2D eigenvalue weighted by Crippen LogP contribution is 2.37. The molecule has 2 aromatic rings. The lowest BCUT2D eigenvalue weighted by molar-refractivity contribution is 0.648. The Balaban J connectivity index is 1.93. The molecule has 0 fully saturated rings. The Hall–Kier alpha value is -1.88. The van der Waals surface area contributed by atoms with E-state index in [1.807, 2.05) is 0 Å². The number of nitrogens with zero attached hydrogens (tertiary/aromatic N) is 2. The monoisotopic (exact) mass is 298 g/mol. The molecular weight excluding hydrogens is 276 g/mol. The quantitative estimate of drug-likeness (QED) is 0.833. The molecule has 3 rings (SSSR count). The third kappa shape index (κ3) is 2.53. The fraction of sp³-hybridized carbons (Fsp3) is 0.375. The second-order valence-electron chi connectivity index (χ2n) is 6.42. The maximum Gasteiger partial charge on any atom is 0.222 e. The third-order valence-electron chi connectivity index (χ3n) is 4.86. The Morgan fingerprint density at radius 3 is 2.52 bits per heavy atom. The van der Waals surface area contributed by atoms with Crippen LogP contribution in [0, 0.1) is 0 Å². The van der Waals surface area contributed by atoms with Gasteiger partial charge in [0.1, 0.15) is 5.82 Å². The molecule has 21 heavy (non-hydrogen) atoms. The average Bonchev–Trinajstić information content (AvgIpc) is 2.47. The summed E-state index contributed by atoms with van der Waals surface area (Å²) >= 11 is 0. The van der Waals surface area contributed by atoms with Crippen LogP contribution in [-0.4, -0.2) is 18.0 Å². The van der Waals surface area contributed by atoms with Crippen LogP contribution in [0.25, 0.3) is 0 Å². The van der Waals surface area contributed by atoms with Crippen molar-refractivity contribution in [2.45, 2.75) is 37.9 Å². The van der Waals surface area contributed by atoms with Gasteiger partial charge in [0, 0.05) is 5.56 Å². The van der Waals surface area contributed by atoms with E-state index in [9.17, 15) is 0 Å². The first-order valence-corrected chi connectivity index (χ1v) is 10.5. The normalized spacial score (nSPS) is 18.3. The molecule has 0 radical (unpaired) electrons. The van der Waals surface area contributed by atoms with Gasteiger partial charge in [-0.05, 0) is 24.8 Å². The molecule has 0 spiro atoms. The maximum atomic E-state index is 6.07. The van der Waals surface area contributed by atoms with E-state index in [4.69, 9.17) is 11.5 Å². The lowest BCUT2D eigenvalue weighted by Gasteiger charge is -2.36. The predicted molar refractivity (Wildman–Crippen MR) is 90.2 cm³/mol. The minimum Gasteiger partial charge on any atom is -0.383 e. The van der Waals surface area contributed by atoms with Crippen LogP contribution in [-0.2, 0) is 12.8 Å². The first-order valence-electron chi connectivity index (χ1n) is 7.44. The molecule has 0 saturated carbocycles. The van der Waals surface area contributed by atoms with Crippen molar-refractivity contribution in [2.75, 3.05) is 11.5 Å². The highest BCUT2D eigenvalue weighted by molar-refractivity contribution is 6.91. The van der Waals surface area contributed by atoms with Gasteiger partial charge in [-0.25, -0.2) is 4.98 Å². The van der Waals surface area contributed by atoms with Gasteiger partial charge in [-0.15, -0.1) is 0 Å². The van der Waals surface area contributed by atoms with Crippen LogP contribution in [0.4, 0.5) is 11.8 Å². The largest absolute Gasteiger partial charge is 0.383 e. The predicted octanol–water partition coefficient (Wildman–Crippen LogP) is 2.12. The summed E-state index contributed by atoms with van der Waals surface area (Å²) in [6.45, 7) is 4.90. The van der Waals surface area contributed by atoms with Gasteiger partial charge in [0.15, 0.2) is 0 Å². The standard InChI is InChI=1S/C16H22N4Si/c1-21(2,11-6-4-3-5-7-11)12-8-9-14-13(10-12)15(17)20-16(18)19-14/h3-7,12H,8-10H2,1-2H3,(H4,17,18,19,20). The number of aryl methyl sites for hydroxylation is 1. The number of rotatable bonds is 2. The number of nitrogens with two attached hydrogens (primary N) is 2. The van der Waals surface area contributed by atoms with Gasteiger partial charge in [0.2, 0.25) is 5.95 Å². The third-order valence-corrected chi connectivity index (χ3v) is 9.22. The number of nitrogen functional groups attached to an aromatic ring is 2. The molecule has 4 N–H and O–H groups in total. The van der Waals surface area contributed by atoms with Crippen molar-refractivity contribution >= 4 is 25.0 Å². The van der Waals surface area contributed by atoms with Gasteiger partial charge < -0.3 is 11.5 Å². The lowest BCUT2D eigenvalue weighted by atomic mass is 9.96. The molecular formula is C16H22N4Si. The number of benzene rings is 1. The van der Waals surface area contributed by atoms with E-state index < -0.39 is 8.07 Å². The summed E-state index contributed by atoms with van der Waals surface area (Å²) < 4.78 is 0. The van der Waals surface area contributed by atoms with Crippen molar-refractivity contribution in [1.82, 2.24) is 9.97 Å². The number of aromatic nitrogens is 2. The Morgan fingerprint density at radius 2 is 1.81 bits per heavy atom. The molecule has 0 aliphatic heterocycles. The summed E-state index contributed by atoms with van der Waals surface area (Å²) in [6, 6.07) is 10.9. The highest BCUT2D eigenvalue weighted by atomic mass is 28.3. The SMILES string of the molecule is C[Si](C)(c1ccccc1)C1CCc2nc(N)nc(N)c2C1. The molecule has 0 amide bonds. The summed E-state index contributed by atoms with van der Waals surface area (Å²) in [5.41, 5.74) is 14.6. The van der Waals surface area contributed by atoms with Crippen molar-refractivity contribution in [3.05, 3.63) is 41.6 Å². The number of hydrogen-bond donors (Lipinski definition) is 2. The Labute approximate surface area is 126 Å². The van der Waals surface area contributed by atoms with Crippen LogP contribution in [0.2, 0.25) is 18.6 Å². The van der Waals surface area contributed by atoms with E-state index >= 15 is 0 Å². The molecule has 1 atom stereocenters. The fourth-order valence-corrected chi connectivity index (χ4v) is 6.48. The summed E-state index contributed by atoms with van der Waals surface area (Å²) in [5.74, 6) is 0.865. The smallest absolute Gasteiger partial charge is 0.222 e. The van der Waals surface area contributed by atoms with Crippen LogP contribution in [0.3, 0.4) is 0 Å². The molecule has 1 heterocycles. The van der Waals surface area contributed by atoms with E-state index in [-0.39, 0.29) is 0 Å². The summed E-state index contributed by atoms with van der Waals surface area (Å²) in [7, 11) is -1.53. The molecule has 5 heteroatoms. The molecule has 1 aliphatic carbocycles. The van der Waals surface area contributed by atoms with Crippen molar-refractivity contribution < 1.29 is 0 Å². The van der Waals surface area contributed by atoms with E-state index in [1.54, 1.807) is 0 Å². The lowest BCUT2D eigenvalue weighted by Crippen LogP contribution is -2.47. The summed E-state index contributed by atoms with van der Waals surface area (Å²) in [6.07, 6.45) is 3.10. The molecule has 4 nitrogen and oxygen atoms in total. The molecule has 1 unspecified atom stereocenters. The van der Waals surface area contributed by atoms with Crippen molar-refractivity contribution in [3.8, 4) is 0 Å². The van der Waals surface area contributed by atoms with Crippen molar-refractivity contribution in [1.29, 1.82) is 0 Å². The van der Waals surface area contributed by atoms with Gasteiger partial charge in [0.25, 0.3) is 0 Å². The van der Waals surface area contributed by atoms with Crippen molar-refractivity contribution in [2.24, 2.45) is 0 Å². The average molecular weight is 298 g/mol. The second-order valence-corrected chi connectivity index (χ2v) is 11.3. The van der Waals surface area contributed by atoms with Gasteiger partial charge in [-0.1, -0.05) is 48.6 Å². The topological polar surface area (TPSA) is 77.8 Å². The van der Waals surface area contributed by atoms with Crippen molar-refractivity contribution in [3.63, 3.8) is 0 Å². The Morgan fingerprint density at radius 1 is 1.10 bits per heavy atom. The number of fused-ring (bicyclic) bond motifs is 1. The van der Waals surface area contributed by atoms with Crippen LogP contribution < -0.4 is 16.7 Å². The van der Waals surface area contributed by atoms with Crippen LogP contribution in [0.5, 0.6) is 0 Å².